The minimum atomic E-state index is -1.10. The van der Waals surface area contributed by atoms with E-state index in [1.165, 1.54) is 0 Å². The van der Waals surface area contributed by atoms with Crippen LogP contribution >= 0.6 is 0 Å². The van der Waals surface area contributed by atoms with Crippen LogP contribution in [0.1, 0.15) is 45.4 Å². The van der Waals surface area contributed by atoms with Crippen molar-refractivity contribution in [3.05, 3.63) is 0 Å². The number of hydrogen-bond acceptors (Lipinski definition) is 3. The van der Waals surface area contributed by atoms with Crippen molar-refractivity contribution >= 4 is 12.0 Å². The zero-order valence-electron chi connectivity index (χ0n) is 12.0. The lowest BCUT2D eigenvalue weighted by atomic mass is 9.82. The molecule has 6 nitrogen and oxygen atoms in total. The minimum Gasteiger partial charge on any atom is -0.480 e. The van der Waals surface area contributed by atoms with Crippen molar-refractivity contribution in [2.75, 3.05) is 13.1 Å². The molecule has 0 aromatic heterocycles. The van der Waals surface area contributed by atoms with E-state index in [1.54, 1.807) is 4.90 Å². The molecule has 2 atom stereocenters. The molecule has 1 heterocycles. The summed E-state index contributed by atoms with van der Waals surface area (Å²) in [4.78, 5) is 25.5. The lowest BCUT2D eigenvalue weighted by molar-refractivity contribution is -0.146. The van der Waals surface area contributed by atoms with Gasteiger partial charge in [-0.05, 0) is 25.2 Å². The van der Waals surface area contributed by atoms with Gasteiger partial charge in [0.05, 0.1) is 6.10 Å². The lowest BCUT2D eigenvalue weighted by Crippen LogP contribution is -2.60. The Bertz CT molecular complexity index is 379. The average Bonchev–Trinajstić information content (AvgIpc) is 2.42. The Balaban J connectivity index is 2.00. The quantitative estimate of drug-likeness (QED) is 0.710. The van der Waals surface area contributed by atoms with Crippen molar-refractivity contribution in [1.82, 2.24) is 10.2 Å². The van der Waals surface area contributed by atoms with E-state index in [4.69, 9.17) is 0 Å². The predicted octanol–water partition coefficient (Wildman–Crippen LogP) is 1.19. The molecular weight excluding hydrogens is 260 g/mol. The van der Waals surface area contributed by atoms with Crippen LogP contribution in [0.25, 0.3) is 0 Å². The summed E-state index contributed by atoms with van der Waals surface area (Å²) in [6.45, 7) is 2.85. The van der Waals surface area contributed by atoms with Gasteiger partial charge in [-0.1, -0.05) is 26.2 Å². The number of rotatable bonds is 2. The first-order valence-corrected chi connectivity index (χ1v) is 7.43. The molecule has 1 aliphatic carbocycles. The summed E-state index contributed by atoms with van der Waals surface area (Å²) in [6.07, 6.45) is 3.87. The van der Waals surface area contributed by atoms with Crippen molar-refractivity contribution in [2.24, 2.45) is 5.92 Å². The van der Waals surface area contributed by atoms with E-state index < -0.39 is 11.5 Å². The third kappa shape index (κ3) is 3.06. The van der Waals surface area contributed by atoms with E-state index in [9.17, 15) is 19.8 Å². The summed E-state index contributed by atoms with van der Waals surface area (Å²) in [5, 5.41) is 21.9. The highest BCUT2D eigenvalue weighted by Crippen LogP contribution is 2.29. The van der Waals surface area contributed by atoms with Crippen molar-refractivity contribution in [3.8, 4) is 0 Å². The number of piperidine rings is 1. The maximum atomic E-state index is 12.3. The third-order valence-corrected chi connectivity index (χ3v) is 4.61. The Labute approximate surface area is 119 Å². The lowest BCUT2D eigenvalue weighted by Gasteiger charge is -2.39. The van der Waals surface area contributed by atoms with Gasteiger partial charge in [0.2, 0.25) is 0 Å². The van der Waals surface area contributed by atoms with E-state index in [0.29, 0.717) is 32.4 Å². The standard InChI is InChI=1S/C14H24N2O4/c1-10-9-16(8-5-11(10)17)13(20)15-14(12(18)19)6-3-2-4-7-14/h10-11,17H,2-9H2,1H3,(H,15,20)(H,18,19). The molecule has 2 amide bonds. The Kier molecular flexibility index (Phi) is 4.52. The van der Waals surface area contributed by atoms with E-state index in [-0.39, 0.29) is 18.1 Å². The first-order valence-electron chi connectivity index (χ1n) is 7.43. The number of nitrogens with one attached hydrogen (secondary N) is 1. The molecule has 0 spiro atoms. The van der Waals surface area contributed by atoms with Gasteiger partial charge >= 0.3 is 12.0 Å². The molecule has 3 N–H and O–H groups in total. The zero-order chi connectivity index (χ0) is 14.8. The fraction of sp³-hybridized carbons (Fsp3) is 0.857. The van der Waals surface area contributed by atoms with Crippen LogP contribution in [0.15, 0.2) is 0 Å². The summed E-state index contributed by atoms with van der Waals surface area (Å²) in [7, 11) is 0. The fourth-order valence-corrected chi connectivity index (χ4v) is 3.15. The molecule has 0 bridgehead atoms. The first kappa shape index (κ1) is 15.1. The number of aliphatic hydroxyl groups is 1. The molecule has 2 rings (SSSR count). The molecule has 2 unspecified atom stereocenters. The zero-order valence-corrected chi connectivity index (χ0v) is 12.0. The minimum absolute atomic E-state index is 0.0293. The van der Waals surface area contributed by atoms with Crippen LogP contribution in [0.4, 0.5) is 4.79 Å². The highest BCUT2D eigenvalue weighted by Gasteiger charge is 2.42. The number of likely N-dealkylation sites (tertiary alicyclic amines) is 1. The molecule has 20 heavy (non-hydrogen) atoms. The van der Waals surface area contributed by atoms with Crippen molar-refractivity contribution in [2.45, 2.75) is 57.1 Å². The van der Waals surface area contributed by atoms with Gasteiger partial charge in [-0.2, -0.15) is 0 Å². The number of carboxylic acid groups (broad SMARTS) is 1. The van der Waals surface area contributed by atoms with Crippen LogP contribution in [0.3, 0.4) is 0 Å². The number of aliphatic hydroxyl groups excluding tert-OH is 1. The Morgan fingerprint density at radius 3 is 2.45 bits per heavy atom. The Hall–Kier alpha value is -1.30. The predicted molar refractivity (Wildman–Crippen MR) is 73.3 cm³/mol. The van der Waals surface area contributed by atoms with Crippen LogP contribution in [-0.4, -0.2) is 51.8 Å². The number of nitrogens with zero attached hydrogens (tertiary/aromatic N) is 1. The van der Waals surface area contributed by atoms with E-state index in [1.807, 2.05) is 6.92 Å². The van der Waals surface area contributed by atoms with Crippen LogP contribution in [0.2, 0.25) is 0 Å². The molecule has 6 heteroatoms. The molecule has 0 aromatic rings. The van der Waals surface area contributed by atoms with Crippen LogP contribution in [0, 0.1) is 5.92 Å². The summed E-state index contributed by atoms with van der Waals surface area (Å²) >= 11 is 0. The molecule has 1 saturated heterocycles. The van der Waals surface area contributed by atoms with E-state index in [2.05, 4.69) is 5.32 Å². The number of urea groups is 1. The average molecular weight is 284 g/mol. The SMILES string of the molecule is CC1CN(C(=O)NC2(C(=O)O)CCCCC2)CCC1O. The Morgan fingerprint density at radius 2 is 1.90 bits per heavy atom. The molecule has 114 valence electrons. The van der Waals surface area contributed by atoms with Gasteiger partial charge in [0.1, 0.15) is 5.54 Å². The van der Waals surface area contributed by atoms with E-state index >= 15 is 0 Å². The molecule has 2 fully saturated rings. The number of carboxylic acids is 1. The smallest absolute Gasteiger partial charge is 0.329 e. The number of carbonyl (C=O) groups excluding carboxylic acids is 1. The van der Waals surface area contributed by atoms with E-state index in [0.717, 1.165) is 19.3 Å². The van der Waals surface area contributed by atoms with Gasteiger partial charge in [-0.25, -0.2) is 9.59 Å². The molecule has 1 saturated carbocycles. The fourth-order valence-electron chi connectivity index (χ4n) is 3.15. The van der Waals surface area contributed by atoms with Crippen LogP contribution in [-0.2, 0) is 4.79 Å². The normalized spacial score (nSPS) is 29.8. The van der Waals surface area contributed by atoms with Crippen LogP contribution < -0.4 is 5.32 Å². The van der Waals surface area contributed by atoms with Gasteiger partial charge in [0.25, 0.3) is 0 Å². The summed E-state index contributed by atoms with van der Waals surface area (Å²) in [5.41, 5.74) is -1.10. The molecule has 2 aliphatic rings. The molecule has 0 radical (unpaired) electrons. The van der Waals surface area contributed by atoms with Crippen molar-refractivity contribution in [3.63, 3.8) is 0 Å². The van der Waals surface area contributed by atoms with Crippen molar-refractivity contribution < 1.29 is 19.8 Å². The summed E-state index contributed by atoms with van der Waals surface area (Å²) in [5.74, 6) is -0.905. The number of carbonyl (C=O) groups is 2. The molecule has 1 aliphatic heterocycles. The van der Waals surface area contributed by atoms with Gasteiger partial charge < -0.3 is 20.4 Å². The van der Waals surface area contributed by atoms with Gasteiger partial charge in [0, 0.05) is 13.1 Å². The number of amides is 2. The second-order valence-electron chi connectivity index (χ2n) is 6.16. The van der Waals surface area contributed by atoms with Gasteiger partial charge in [-0.3, -0.25) is 0 Å². The molecular formula is C14H24N2O4. The highest BCUT2D eigenvalue weighted by molar-refractivity contribution is 5.86. The highest BCUT2D eigenvalue weighted by atomic mass is 16.4. The third-order valence-electron chi connectivity index (χ3n) is 4.61. The van der Waals surface area contributed by atoms with Gasteiger partial charge in [-0.15, -0.1) is 0 Å². The Morgan fingerprint density at radius 1 is 1.25 bits per heavy atom. The first-order chi connectivity index (χ1) is 9.44. The maximum absolute atomic E-state index is 12.3. The molecule has 0 aromatic carbocycles. The summed E-state index contributed by atoms with van der Waals surface area (Å²) in [6, 6.07) is -0.312. The monoisotopic (exact) mass is 284 g/mol. The largest absolute Gasteiger partial charge is 0.480 e. The summed E-state index contributed by atoms with van der Waals surface area (Å²) < 4.78 is 0. The topological polar surface area (TPSA) is 89.9 Å². The van der Waals surface area contributed by atoms with Crippen LogP contribution in [0.5, 0.6) is 0 Å². The number of hydrogen-bond donors (Lipinski definition) is 3. The van der Waals surface area contributed by atoms with Gasteiger partial charge in [0.15, 0.2) is 0 Å². The maximum Gasteiger partial charge on any atom is 0.329 e. The number of aliphatic carboxylic acids is 1. The van der Waals surface area contributed by atoms with Crippen molar-refractivity contribution in [1.29, 1.82) is 0 Å². The second kappa shape index (κ2) is 5.99. The second-order valence-corrected chi connectivity index (χ2v) is 6.16.